The molecule has 0 unspecified atom stereocenters. The summed E-state index contributed by atoms with van der Waals surface area (Å²) in [4.78, 5) is 11.5. The zero-order chi connectivity index (χ0) is 10.4. The molecule has 1 N–H and O–H groups in total. The van der Waals surface area contributed by atoms with Crippen molar-refractivity contribution in [3.63, 3.8) is 0 Å². The molecule has 0 atom stereocenters. The summed E-state index contributed by atoms with van der Waals surface area (Å²) < 4.78 is 11.8. The SMILES string of the molecule is O=C(O)c1ccccc1SCCCF. The number of carboxylic acid groups (broad SMARTS) is 1. The maximum Gasteiger partial charge on any atom is 0.336 e. The minimum absolute atomic E-state index is 0.288. The molecule has 0 spiro atoms. The normalized spacial score (nSPS) is 10.1. The van der Waals surface area contributed by atoms with Gasteiger partial charge in [-0.2, -0.15) is 0 Å². The molecule has 1 aromatic carbocycles. The van der Waals surface area contributed by atoms with Gasteiger partial charge in [-0.3, -0.25) is 4.39 Å². The Morgan fingerprint density at radius 1 is 1.43 bits per heavy atom. The van der Waals surface area contributed by atoms with E-state index in [0.717, 1.165) is 0 Å². The topological polar surface area (TPSA) is 37.3 Å². The average molecular weight is 214 g/mol. The van der Waals surface area contributed by atoms with Crippen LogP contribution < -0.4 is 0 Å². The van der Waals surface area contributed by atoms with E-state index in [1.807, 2.05) is 0 Å². The molecule has 0 aliphatic heterocycles. The average Bonchev–Trinajstić information content (AvgIpc) is 2.19. The van der Waals surface area contributed by atoms with E-state index >= 15 is 0 Å². The predicted octanol–water partition coefficient (Wildman–Crippen LogP) is 2.84. The fourth-order valence-electron chi connectivity index (χ4n) is 1.01. The van der Waals surface area contributed by atoms with E-state index in [2.05, 4.69) is 0 Å². The first-order valence-electron chi connectivity index (χ1n) is 4.27. The van der Waals surface area contributed by atoms with Crippen LogP contribution in [0.15, 0.2) is 29.2 Å². The first kappa shape index (κ1) is 11.0. The number of aromatic carboxylic acids is 1. The van der Waals surface area contributed by atoms with Crippen molar-refractivity contribution in [3.8, 4) is 0 Å². The second-order valence-corrected chi connectivity index (χ2v) is 3.83. The number of hydrogen-bond acceptors (Lipinski definition) is 2. The molecule has 0 aliphatic carbocycles. The highest BCUT2D eigenvalue weighted by Crippen LogP contribution is 2.23. The summed E-state index contributed by atoms with van der Waals surface area (Å²) in [6.07, 6.45) is 0.457. The van der Waals surface area contributed by atoms with E-state index in [0.29, 0.717) is 17.1 Å². The van der Waals surface area contributed by atoms with Gasteiger partial charge in [-0.1, -0.05) is 12.1 Å². The summed E-state index contributed by atoms with van der Waals surface area (Å²) >= 11 is 1.38. The molecular formula is C10H11FO2S. The molecule has 14 heavy (non-hydrogen) atoms. The van der Waals surface area contributed by atoms with Crippen molar-refractivity contribution in [2.75, 3.05) is 12.4 Å². The Bertz CT molecular complexity index is 315. The van der Waals surface area contributed by atoms with Gasteiger partial charge >= 0.3 is 5.97 Å². The van der Waals surface area contributed by atoms with Crippen LogP contribution in [-0.2, 0) is 0 Å². The first-order chi connectivity index (χ1) is 6.75. The van der Waals surface area contributed by atoms with Gasteiger partial charge in [0, 0.05) is 10.6 Å². The summed E-state index contributed by atoms with van der Waals surface area (Å²) in [5, 5.41) is 8.83. The number of alkyl halides is 1. The fourth-order valence-corrected chi connectivity index (χ4v) is 1.96. The Morgan fingerprint density at radius 2 is 2.14 bits per heavy atom. The summed E-state index contributed by atoms with van der Waals surface area (Å²) in [6, 6.07) is 6.76. The monoisotopic (exact) mass is 214 g/mol. The summed E-state index contributed by atoms with van der Waals surface area (Å²) in [6.45, 7) is -0.359. The van der Waals surface area contributed by atoms with Crippen LogP contribution in [0.4, 0.5) is 4.39 Å². The highest BCUT2D eigenvalue weighted by Gasteiger charge is 2.08. The van der Waals surface area contributed by atoms with Gasteiger partial charge in [-0.15, -0.1) is 11.8 Å². The lowest BCUT2D eigenvalue weighted by atomic mass is 10.2. The predicted molar refractivity (Wildman–Crippen MR) is 54.7 cm³/mol. The lowest BCUT2D eigenvalue weighted by molar-refractivity contribution is 0.0693. The molecule has 0 amide bonds. The van der Waals surface area contributed by atoms with Crippen molar-refractivity contribution < 1.29 is 14.3 Å². The maximum atomic E-state index is 11.8. The van der Waals surface area contributed by atoms with Gasteiger partial charge in [-0.05, 0) is 18.6 Å². The Morgan fingerprint density at radius 3 is 2.79 bits per heavy atom. The zero-order valence-electron chi connectivity index (χ0n) is 7.57. The van der Waals surface area contributed by atoms with Crippen molar-refractivity contribution in [1.82, 2.24) is 0 Å². The second-order valence-electron chi connectivity index (χ2n) is 2.69. The minimum atomic E-state index is -0.937. The molecule has 4 heteroatoms. The largest absolute Gasteiger partial charge is 0.478 e. The van der Waals surface area contributed by atoms with E-state index in [1.165, 1.54) is 11.8 Å². The van der Waals surface area contributed by atoms with Gasteiger partial charge in [0.1, 0.15) is 0 Å². The van der Waals surface area contributed by atoms with Crippen LogP contribution in [-0.4, -0.2) is 23.5 Å². The maximum absolute atomic E-state index is 11.8. The van der Waals surface area contributed by atoms with Gasteiger partial charge in [0.25, 0.3) is 0 Å². The van der Waals surface area contributed by atoms with Gasteiger partial charge in [0.05, 0.1) is 12.2 Å². The van der Waals surface area contributed by atoms with Crippen molar-refractivity contribution >= 4 is 17.7 Å². The highest BCUT2D eigenvalue weighted by molar-refractivity contribution is 7.99. The lowest BCUT2D eigenvalue weighted by Gasteiger charge is -2.03. The number of hydrogen-bond donors (Lipinski definition) is 1. The lowest BCUT2D eigenvalue weighted by Crippen LogP contribution is -1.98. The minimum Gasteiger partial charge on any atom is -0.478 e. The number of halogens is 1. The van der Waals surface area contributed by atoms with Crippen LogP contribution in [0, 0.1) is 0 Å². The third-order valence-corrected chi connectivity index (χ3v) is 2.81. The number of carbonyl (C=O) groups is 1. The Balaban J connectivity index is 2.69. The molecule has 0 saturated carbocycles. The molecular weight excluding hydrogens is 203 g/mol. The molecule has 0 aliphatic rings. The van der Waals surface area contributed by atoms with Crippen LogP contribution in [0.5, 0.6) is 0 Å². The van der Waals surface area contributed by atoms with Crippen LogP contribution in [0.2, 0.25) is 0 Å². The number of benzene rings is 1. The van der Waals surface area contributed by atoms with Crippen molar-refractivity contribution in [2.24, 2.45) is 0 Å². The number of thioether (sulfide) groups is 1. The third-order valence-electron chi connectivity index (χ3n) is 1.65. The molecule has 2 nitrogen and oxygen atoms in total. The van der Waals surface area contributed by atoms with Gasteiger partial charge < -0.3 is 5.11 Å². The Labute approximate surface area is 86.1 Å². The van der Waals surface area contributed by atoms with E-state index in [-0.39, 0.29) is 12.2 Å². The molecule has 76 valence electrons. The van der Waals surface area contributed by atoms with Crippen molar-refractivity contribution in [2.45, 2.75) is 11.3 Å². The quantitative estimate of drug-likeness (QED) is 0.605. The summed E-state index contributed by atoms with van der Waals surface area (Å²) in [7, 11) is 0. The standard InChI is InChI=1S/C10H11FO2S/c11-6-3-7-14-9-5-2-1-4-8(9)10(12)13/h1-2,4-5H,3,6-7H2,(H,12,13). The summed E-state index contributed by atoms with van der Waals surface area (Å²) in [5.41, 5.74) is 0.288. The molecule has 1 aromatic rings. The fraction of sp³-hybridized carbons (Fsp3) is 0.300. The van der Waals surface area contributed by atoms with Crippen molar-refractivity contribution in [1.29, 1.82) is 0 Å². The van der Waals surface area contributed by atoms with E-state index in [9.17, 15) is 9.18 Å². The van der Waals surface area contributed by atoms with Crippen LogP contribution in [0.1, 0.15) is 16.8 Å². The second kappa shape index (κ2) is 5.65. The highest BCUT2D eigenvalue weighted by atomic mass is 32.2. The van der Waals surface area contributed by atoms with Crippen LogP contribution in [0.25, 0.3) is 0 Å². The first-order valence-corrected chi connectivity index (χ1v) is 5.25. The molecule has 0 heterocycles. The number of rotatable bonds is 5. The molecule has 0 fully saturated rings. The Kier molecular flexibility index (Phi) is 4.46. The van der Waals surface area contributed by atoms with Gasteiger partial charge in [0.15, 0.2) is 0 Å². The Hall–Kier alpha value is -1.03. The van der Waals surface area contributed by atoms with Crippen LogP contribution >= 0.6 is 11.8 Å². The summed E-state index contributed by atoms with van der Waals surface area (Å²) in [5.74, 6) is -0.325. The molecule has 0 aromatic heterocycles. The van der Waals surface area contributed by atoms with E-state index in [1.54, 1.807) is 24.3 Å². The van der Waals surface area contributed by atoms with Crippen LogP contribution in [0.3, 0.4) is 0 Å². The van der Waals surface area contributed by atoms with Gasteiger partial charge in [-0.25, -0.2) is 4.79 Å². The van der Waals surface area contributed by atoms with E-state index < -0.39 is 5.97 Å². The molecule has 0 saturated heterocycles. The zero-order valence-corrected chi connectivity index (χ0v) is 8.39. The van der Waals surface area contributed by atoms with Crippen molar-refractivity contribution in [3.05, 3.63) is 29.8 Å². The number of carboxylic acids is 1. The molecule has 1 rings (SSSR count). The third kappa shape index (κ3) is 3.03. The smallest absolute Gasteiger partial charge is 0.336 e. The molecule has 0 bridgehead atoms. The van der Waals surface area contributed by atoms with Gasteiger partial charge in [0.2, 0.25) is 0 Å². The molecule has 0 radical (unpaired) electrons. The van der Waals surface area contributed by atoms with E-state index in [4.69, 9.17) is 5.11 Å².